The highest BCUT2D eigenvalue weighted by atomic mass is 16.6. The molecule has 0 aromatic heterocycles. The first kappa shape index (κ1) is 36.6. The molecule has 4 aliphatic rings. The summed E-state index contributed by atoms with van der Waals surface area (Å²) in [6.07, 6.45) is 13.0. The molecule has 0 aromatic carbocycles. The summed E-state index contributed by atoms with van der Waals surface area (Å²) in [6, 6.07) is 0.515. The fraction of sp³-hybridized carbons (Fsp3) is 0.946. The van der Waals surface area contributed by atoms with Gasteiger partial charge in [-0.15, -0.1) is 0 Å². The summed E-state index contributed by atoms with van der Waals surface area (Å²) in [6.45, 7) is 12.6. The van der Waals surface area contributed by atoms with Gasteiger partial charge in [-0.3, -0.25) is 9.59 Å². The van der Waals surface area contributed by atoms with Crippen LogP contribution in [0, 0.1) is 23.7 Å². The van der Waals surface area contributed by atoms with Crippen LogP contribution in [0.25, 0.3) is 0 Å². The molecule has 0 saturated carbocycles. The number of ether oxygens (including phenoxy) is 5. The van der Waals surface area contributed by atoms with E-state index in [0.717, 1.165) is 57.8 Å². The van der Waals surface area contributed by atoms with E-state index in [0.29, 0.717) is 12.5 Å². The maximum absolute atomic E-state index is 13.8. The first-order valence-corrected chi connectivity index (χ1v) is 18.6. The fourth-order valence-electron chi connectivity index (χ4n) is 8.31. The Labute approximate surface area is 274 Å². The van der Waals surface area contributed by atoms with Gasteiger partial charge in [-0.1, -0.05) is 53.4 Å². The molecule has 45 heavy (non-hydrogen) atoms. The Bertz CT molecular complexity index is 928. The molecular formula is C37H65NO7. The number of nitrogens with zero attached hydrogens (tertiary/aromatic N) is 1. The smallest absolute Gasteiger partial charge is 0.311 e. The zero-order valence-electron chi connectivity index (χ0n) is 29.7. The number of hydrogen-bond acceptors (Lipinski definition) is 8. The molecule has 260 valence electrons. The third-order valence-electron chi connectivity index (χ3n) is 11.5. The SMILES string of the molecule is CCCCC[C@H](C[C@H]1CC[C@@H]([C@H](C)[C@@H]2OC(=O)[C@@H](C)[C@H]3CC[C@@H](C[C@@H](CCC)OC(=O)[C@@H](C)[C@H]4CC[C@H](O4)[C@H]2C)O3)O1)N(C)C. The Morgan fingerprint density at radius 3 is 2.11 bits per heavy atom. The summed E-state index contributed by atoms with van der Waals surface area (Å²) >= 11 is 0. The van der Waals surface area contributed by atoms with Gasteiger partial charge in [0.2, 0.25) is 0 Å². The van der Waals surface area contributed by atoms with Crippen molar-refractivity contribution in [1.29, 1.82) is 0 Å². The van der Waals surface area contributed by atoms with Crippen molar-refractivity contribution >= 4 is 11.9 Å². The highest BCUT2D eigenvalue weighted by molar-refractivity contribution is 5.73. The molecule has 4 aliphatic heterocycles. The average molecular weight is 636 g/mol. The number of carbonyl (C=O) groups is 2. The molecule has 4 heterocycles. The molecule has 13 atom stereocenters. The van der Waals surface area contributed by atoms with Crippen LogP contribution in [0.15, 0.2) is 0 Å². The van der Waals surface area contributed by atoms with E-state index in [-0.39, 0.29) is 84.4 Å². The number of esters is 2. The Balaban J connectivity index is 1.49. The van der Waals surface area contributed by atoms with Crippen LogP contribution in [0.5, 0.6) is 0 Å². The Morgan fingerprint density at radius 2 is 1.42 bits per heavy atom. The molecule has 0 spiro atoms. The summed E-state index contributed by atoms with van der Waals surface area (Å²) in [4.78, 5) is 29.4. The number of cyclic esters (lactones) is 2. The summed E-state index contributed by atoms with van der Waals surface area (Å²) < 4.78 is 32.4. The molecule has 0 radical (unpaired) electrons. The van der Waals surface area contributed by atoms with Crippen LogP contribution in [-0.4, -0.2) is 85.8 Å². The monoisotopic (exact) mass is 635 g/mol. The van der Waals surface area contributed by atoms with E-state index >= 15 is 0 Å². The summed E-state index contributed by atoms with van der Waals surface area (Å²) in [5.41, 5.74) is 0. The van der Waals surface area contributed by atoms with Gasteiger partial charge in [0.25, 0.3) is 0 Å². The van der Waals surface area contributed by atoms with E-state index in [1.807, 2.05) is 13.8 Å². The zero-order chi connectivity index (χ0) is 32.7. The van der Waals surface area contributed by atoms with Crippen LogP contribution in [-0.2, 0) is 33.3 Å². The summed E-state index contributed by atoms with van der Waals surface area (Å²) in [5.74, 6) is -1.08. The molecule has 4 bridgehead atoms. The Hall–Kier alpha value is -1.22. The second-order valence-electron chi connectivity index (χ2n) is 15.2. The van der Waals surface area contributed by atoms with E-state index in [1.54, 1.807) is 0 Å². The van der Waals surface area contributed by atoms with Crippen LogP contribution in [0.1, 0.15) is 131 Å². The van der Waals surface area contributed by atoms with Crippen LogP contribution >= 0.6 is 0 Å². The second kappa shape index (κ2) is 17.3. The minimum Gasteiger partial charge on any atom is -0.462 e. The van der Waals surface area contributed by atoms with Crippen LogP contribution in [0.3, 0.4) is 0 Å². The zero-order valence-corrected chi connectivity index (χ0v) is 29.7. The molecule has 4 saturated heterocycles. The van der Waals surface area contributed by atoms with E-state index in [9.17, 15) is 9.59 Å². The molecule has 0 aliphatic carbocycles. The van der Waals surface area contributed by atoms with Crippen molar-refractivity contribution in [2.24, 2.45) is 23.7 Å². The van der Waals surface area contributed by atoms with Crippen molar-refractivity contribution < 1.29 is 33.3 Å². The maximum Gasteiger partial charge on any atom is 0.311 e. The number of rotatable bonds is 11. The second-order valence-corrected chi connectivity index (χ2v) is 15.2. The van der Waals surface area contributed by atoms with Gasteiger partial charge in [0.1, 0.15) is 12.2 Å². The predicted molar refractivity (Wildman–Crippen MR) is 176 cm³/mol. The van der Waals surface area contributed by atoms with Crippen molar-refractivity contribution in [3.8, 4) is 0 Å². The topological polar surface area (TPSA) is 83.5 Å². The Morgan fingerprint density at radius 1 is 0.756 bits per heavy atom. The molecule has 0 N–H and O–H groups in total. The molecule has 0 amide bonds. The minimum absolute atomic E-state index is 0.0182. The molecule has 4 rings (SSSR count). The maximum atomic E-state index is 13.8. The van der Waals surface area contributed by atoms with E-state index in [2.05, 4.69) is 46.7 Å². The lowest BCUT2D eigenvalue weighted by atomic mass is 9.84. The normalized spacial score (nSPS) is 39.5. The van der Waals surface area contributed by atoms with Gasteiger partial charge in [-0.25, -0.2) is 0 Å². The lowest BCUT2D eigenvalue weighted by Gasteiger charge is -2.36. The van der Waals surface area contributed by atoms with Gasteiger partial charge in [0.05, 0.1) is 48.5 Å². The van der Waals surface area contributed by atoms with Gasteiger partial charge in [0, 0.05) is 24.3 Å². The summed E-state index contributed by atoms with van der Waals surface area (Å²) in [5, 5.41) is 0. The van der Waals surface area contributed by atoms with Gasteiger partial charge in [0.15, 0.2) is 0 Å². The first-order valence-electron chi connectivity index (χ1n) is 18.6. The van der Waals surface area contributed by atoms with Crippen molar-refractivity contribution in [2.75, 3.05) is 14.1 Å². The van der Waals surface area contributed by atoms with Gasteiger partial charge in [-0.05, 0) is 85.7 Å². The number of unbranched alkanes of at least 4 members (excludes halogenated alkanes) is 2. The lowest BCUT2D eigenvalue weighted by molar-refractivity contribution is -0.175. The largest absolute Gasteiger partial charge is 0.462 e. The lowest BCUT2D eigenvalue weighted by Crippen LogP contribution is -2.44. The van der Waals surface area contributed by atoms with E-state index in [4.69, 9.17) is 23.7 Å². The number of fused-ring (bicyclic) bond motifs is 4. The first-order chi connectivity index (χ1) is 21.5. The third kappa shape index (κ3) is 9.67. The number of hydrogen-bond donors (Lipinski definition) is 0. The molecular weight excluding hydrogens is 570 g/mol. The highest BCUT2D eigenvalue weighted by Crippen LogP contribution is 2.39. The van der Waals surface area contributed by atoms with Crippen LogP contribution in [0.2, 0.25) is 0 Å². The molecule has 0 unspecified atom stereocenters. The standard InChI is InChI=1S/C37H65NO7/c1-9-11-12-14-27(38(7)8)21-29-15-17-31(41-29)23(3)35-24(4)32-19-20-34(44-32)26(6)36(39)43-28(13-10-2)22-30-16-18-33(42-30)25(5)37(40)45-35/h23-35H,9-22H2,1-8H3/t23-,24+,25-,26-,27+,28+,29+,30-,31-,32-,33+,34+,35-/m0/s1. The van der Waals surface area contributed by atoms with Crippen molar-refractivity contribution in [1.82, 2.24) is 4.90 Å². The predicted octanol–water partition coefficient (Wildman–Crippen LogP) is 7.10. The highest BCUT2D eigenvalue weighted by Gasteiger charge is 2.46. The summed E-state index contributed by atoms with van der Waals surface area (Å²) in [7, 11) is 4.37. The molecule has 0 aromatic rings. The Kier molecular flexibility index (Phi) is 14.0. The van der Waals surface area contributed by atoms with Crippen LogP contribution < -0.4 is 0 Å². The van der Waals surface area contributed by atoms with Crippen LogP contribution in [0.4, 0.5) is 0 Å². The van der Waals surface area contributed by atoms with Gasteiger partial charge >= 0.3 is 11.9 Å². The van der Waals surface area contributed by atoms with Gasteiger partial charge in [-0.2, -0.15) is 0 Å². The molecule has 4 fully saturated rings. The van der Waals surface area contributed by atoms with Crippen molar-refractivity contribution in [3.63, 3.8) is 0 Å². The van der Waals surface area contributed by atoms with Crippen molar-refractivity contribution in [3.05, 3.63) is 0 Å². The minimum atomic E-state index is -0.365. The van der Waals surface area contributed by atoms with E-state index in [1.165, 1.54) is 25.7 Å². The molecule has 8 nitrogen and oxygen atoms in total. The fourth-order valence-corrected chi connectivity index (χ4v) is 8.31. The van der Waals surface area contributed by atoms with E-state index < -0.39 is 0 Å². The quantitative estimate of drug-likeness (QED) is 0.176. The average Bonchev–Trinajstić information content (AvgIpc) is 3.79. The molecule has 8 heteroatoms. The number of carbonyl (C=O) groups excluding carboxylic acids is 2. The third-order valence-corrected chi connectivity index (χ3v) is 11.5. The van der Waals surface area contributed by atoms with Crippen molar-refractivity contribution in [2.45, 2.75) is 186 Å². The van der Waals surface area contributed by atoms with Gasteiger partial charge < -0.3 is 28.6 Å².